The van der Waals surface area contributed by atoms with Gasteiger partial charge in [-0.2, -0.15) is 0 Å². The molecule has 2 aromatic rings. The summed E-state index contributed by atoms with van der Waals surface area (Å²) in [6.45, 7) is 0.638. The number of aliphatic hydroxyl groups is 1. The second-order valence-corrected chi connectivity index (χ2v) is 3.42. The van der Waals surface area contributed by atoms with Crippen LogP contribution in [0.5, 0.6) is 0 Å². The third-order valence-electron chi connectivity index (χ3n) is 2.08. The summed E-state index contributed by atoms with van der Waals surface area (Å²) >= 11 is 6.02. The molecule has 0 radical (unpaired) electrons. The molecule has 0 saturated carbocycles. The third-order valence-corrected chi connectivity index (χ3v) is 2.38. The van der Waals surface area contributed by atoms with Crippen LogP contribution in [0.3, 0.4) is 0 Å². The summed E-state index contributed by atoms with van der Waals surface area (Å²) in [7, 11) is 0. The molecule has 0 unspecified atom stereocenters. The molecule has 74 valence electrons. The molecule has 0 aliphatic heterocycles. The fraction of sp³-hybridized carbons (Fsp3) is 0.200. The monoisotopic (exact) mass is 210 g/mol. The minimum atomic E-state index is 0.110. The quantitative estimate of drug-likeness (QED) is 0.728. The summed E-state index contributed by atoms with van der Waals surface area (Å²) in [5, 5.41) is 13.5. The number of aliphatic hydroxyl groups excluding tert-OH is 1. The van der Waals surface area contributed by atoms with E-state index in [1.165, 1.54) is 0 Å². The SMILES string of the molecule is OCCNc1cccc2[nH]cc(Cl)c12. The Labute approximate surface area is 86.7 Å². The lowest BCUT2D eigenvalue weighted by Gasteiger charge is -2.05. The molecule has 4 heteroatoms. The molecule has 1 aromatic carbocycles. The number of fused-ring (bicyclic) bond motifs is 1. The van der Waals surface area contributed by atoms with Crippen molar-refractivity contribution in [1.82, 2.24) is 4.98 Å². The maximum Gasteiger partial charge on any atom is 0.0680 e. The van der Waals surface area contributed by atoms with Crippen LogP contribution in [0.2, 0.25) is 5.02 Å². The molecule has 0 bridgehead atoms. The second-order valence-electron chi connectivity index (χ2n) is 3.02. The Balaban J connectivity index is 2.46. The van der Waals surface area contributed by atoms with Crippen molar-refractivity contribution in [3.8, 4) is 0 Å². The first kappa shape index (κ1) is 9.37. The highest BCUT2D eigenvalue weighted by Crippen LogP contribution is 2.29. The van der Waals surface area contributed by atoms with Crippen LogP contribution in [0.4, 0.5) is 5.69 Å². The number of aromatic nitrogens is 1. The molecule has 0 fully saturated rings. The number of benzene rings is 1. The van der Waals surface area contributed by atoms with E-state index in [0.717, 1.165) is 16.6 Å². The smallest absolute Gasteiger partial charge is 0.0680 e. The molecule has 0 saturated heterocycles. The molecular weight excluding hydrogens is 200 g/mol. The van der Waals surface area contributed by atoms with Crippen molar-refractivity contribution in [2.75, 3.05) is 18.5 Å². The maximum atomic E-state index is 8.72. The number of hydrogen-bond donors (Lipinski definition) is 3. The molecular formula is C10H11ClN2O. The number of anilines is 1. The molecule has 0 amide bonds. The largest absolute Gasteiger partial charge is 0.395 e. The average Bonchev–Trinajstić information content (AvgIpc) is 2.58. The van der Waals surface area contributed by atoms with Crippen molar-refractivity contribution in [1.29, 1.82) is 0 Å². The predicted molar refractivity (Wildman–Crippen MR) is 58.9 cm³/mol. The zero-order valence-corrected chi connectivity index (χ0v) is 8.30. The summed E-state index contributed by atoms with van der Waals surface area (Å²) in [6.07, 6.45) is 1.76. The number of H-pyrrole nitrogens is 1. The number of halogens is 1. The molecule has 0 spiro atoms. The van der Waals surface area contributed by atoms with E-state index in [0.29, 0.717) is 11.6 Å². The first-order chi connectivity index (χ1) is 6.83. The van der Waals surface area contributed by atoms with Gasteiger partial charge in [-0.25, -0.2) is 0 Å². The molecule has 2 rings (SSSR count). The number of nitrogens with one attached hydrogen (secondary N) is 2. The normalized spacial score (nSPS) is 10.7. The Morgan fingerprint density at radius 3 is 3.07 bits per heavy atom. The standard InChI is InChI=1S/C10H11ClN2O/c11-7-6-13-9-3-1-2-8(10(7)9)12-4-5-14/h1-3,6,12-14H,4-5H2. The van der Waals surface area contributed by atoms with Crippen LogP contribution < -0.4 is 5.32 Å². The highest BCUT2D eigenvalue weighted by Gasteiger charge is 2.05. The van der Waals surface area contributed by atoms with E-state index < -0.39 is 0 Å². The molecule has 0 atom stereocenters. The van der Waals surface area contributed by atoms with Crippen LogP contribution in [0.1, 0.15) is 0 Å². The van der Waals surface area contributed by atoms with Gasteiger partial charge in [0, 0.05) is 29.3 Å². The second kappa shape index (κ2) is 3.90. The van der Waals surface area contributed by atoms with E-state index in [-0.39, 0.29) is 6.61 Å². The third kappa shape index (κ3) is 1.56. The fourth-order valence-electron chi connectivity index (χ4n) is 1.48. The molecule has 0 aliphatic carbocycles. The molecule has 1 heterocycles. The van der Waals surface area contributed by atoms with E-state index in [1.54, 1.807) is 6.20 Å². The van der Waals surface area contributed by atoms with Crippen molar-refractivity contribution in [3.05, 3.63) is 29.4 Å². The average molecular weight is 211 g/mol. The topological polar surface area (TPSA) is 48.0 Å². The van der Waals surface area contributed by atoms with E-state index in [2.05, 4.69) is 10.3 Å². The first-order valence-electron chi connectivity index (χ1n) is 4.43. The predicted octanol–water partition coefficient (Wildman–Crippen LogP) is 2.23. The van der Waals surface area contributed by atoms with Crippen molar-refractivity contribution in [2.45, 2.75) is 0 Å². The van der Waals surface area contributed by atoms with E-state index in [4.69, 9.17) is 16.7 Å². The Kier molecular flexibility index (Phi) is 2.61. The van der Waals surface area contributed by atoms with Crippen molar-refractivity contribution >= 4 is 28.2 Å². The summed E-state index contributed by atoms with van der Waals surface area (Å²) in [4.78, 5) is 3.07. The zero-order chi connectivity index (χ0) is 9.97. The van der Waals surface area contributed by atoms with E-state index in [9.17, 15) is 0 Å². The van der Waals surface area contributed by atoms with Crippen molar-refractivity contribution in [2.24, 2.45) is 0 Å². The Hall–Kier alpha value is -1.19. The lowest BCUT2D eigenvalue weighted by molar-refractivity contribution is 0.311. The highest BCUT2D eigenvalue weighted by atomic mass is 35.5. The van der Waals surface area contributed by atoms with Gasteiger partial charge < -0.3 is 15.4 Å². The number of hydrogen-bond acceptors (Lipinski definition) is 2. The minimum absolute atomic E-state index is 0.110. The van der Waals surface area contributed by atoms with Gasteiger partial charge in [-0.15, -0.1) is 0 Å². The summed E-state index contributed by atoms with van der Waals surface area (Å²) in [5.74, 6) is 0. The van der Waals surface area contributed by atoms with Crippen LogP contribution in [-0.4, -0.2) is 23.2 Å². The lowest BCUT2D eigenvalue weighted by Crippen LogP contribution is -2.05. The molecule has 0 aliphatic rings. The Morgan fingerprint density at radius 1 is 1.43 bits per heavy atom. The number of aromatic amines is 1. The van der Waals surface area contributed by atoms with E-state index in [1.807, 2.05) is 18.2 Å². The van der Waals surface area contributed by atoms with Crippen LogP contribution in [0.25, 0.3) is 10.9 Å². The summed E-state index contributed by atoms with van der Waals surface area (Å²) < 4.78 is 0. The van der Waals surface area contributed by atoms with Gasteiger partial charge in [-0.3, -0.25) is 0 Å². The minimum Gasteiger partial charge on any atom is -0.395 e. The maximum absolute atomic E-state index is 8.72. The lowest BCUT2D eigenvalue weighted by atomic mass is 10.2. The summed E-state index contributed by atoms with van der Waals surface area (Å²) in [5.41, 5.74) is 1.95. The fourth-order valence-corrected chi connectivity index (χ4v) is 1.74. The van der Waals surface area contributed by atoms with Crippen LogP contribution in [0, 0.1) is 0 Å². The van der Waals surface area contributed by atoms with Gasteiger partial charge in [0.2, 0.25) is 0 Å². The van der Waals surface area contributed by atoms with Crippen LogP contribution in [-0.2, 0) is 0 Å². The molecule has 1 aromatic heterocycles. The van der Waals surface area contributed by atoms with Gasteiger partial charge >= 0.3 is 0 Å². The van der Waals surface area contributed by atoms with Gasteiger partial charge in [-0.1, -0.05) is 17.7 Å². The number of rotatable bonds is 3. The van der Waals surface area contributed by atoms with Crippen molar-refractivity contribution < 1.29 is 5.11 Å². The Bertz CT molecular complexity index is 439. The van der Waals surface area contributed by atoms with Gasteiger partial charge in [0.05, 0.1) is 11.6 Å². The highest BCUT2D eigenvalue weighted by molar-refractivity contribution is 6.36. The zero-order valence-electron chi connectivity index (χ0n) is 7.55. The summed E-state index contributed by atoms with van der Waals surface area (Å²) in [6, 6.07) is 5.85. The molecule has 14 heavy (non-hydrogen) atoms. The van der Waals surface area contributed by atoms with Gasteiger partial charge in [0.1, 0.15) is 0 Å². The Morgan fingerprint density at radius 2 is 2.29 bits per heavy atom. The van der Waals surface area contributed by atoms with Gasteiger partial charge in [0.15, 0.2) is 0 Å². The first-order valence-corrected chi connectivity index (χ1v) is 4.81. The van der Waals surface area contributed by atoms with Crippen molar-refractivity contribution in [3.63, 3.8) is 0 Å². The van der Waals surface area contributed by atoms with Crippen LogP contribution in [0.15, 0.2) is 24.4 Å². The molecule has 3 N–H and O–H groups in total. The van der Waals surface area contributed by atoms with Crippen LogP contribution >= 0.6 is 11.6 Å². The molecule has 3 nitrogen and oxygen atoms in total. The van der Waals surface area contributed by atoms with Gasteiger partial charge in [0.25, 0.3) is 0 Å². The van der Waals surface area contributed by atoms with Gasteiger partial charge in [-0.05, 0) is 12.1 Å². The van der Waals surface area contributed by atoms with E-state index >= 15 is 0 Å².